The molecule has 0 bridgehead atoms. The van der Waals surface area contributed by atoms with Crippen LogP contribution in [0, 0.1) is 16.7 Å². The maximum Gasteiger partial charge on any atom is 0.178 e. The number of ketones is 1. The van der Waals surface area contributed by atoms with Gasteiger partial charge in [-0.1, -0.05) is 50.0 Å². The second kappa shape index (κ2) is 7.25. The van der Waals surface area contributed by atoms with Crippen molar-refractivity contribution < 1.29 is 4.79 Å². The number of hydrogen-bond acceptors (Lipinski definition) is 2. The van der Waals surface area contributed by atoms with Crippen molar-refractivity contribution in [2.75, 3.05) is 0 Å². The number of hydrogen-bond donors (Lipinski definition) is 0. The van der Waals surface area contributed by atoms with Crippen molar-refractivity contribution in [2.24, 2.45) is 5.41 Å². The van der Waals surface area contributed by atoms with Crippen LogP contribution in [0.25, 0.3) is 6.08 Å². The Morgan fingerprint density at radius 1 is 1.29 bits per heavy atom. The third-order valence-electron chi connectivity index (χ3n) is 3.56. The lowest BCUT2D eigenvalue weighted by molar-refractivity contribution is -0.121. The highest BCUT2D eigenvalue weighted by atomic mass is 35.5. The Hall–Kier alpha value is -2.02. The van der Waals surface area contributed by atoms with Gasteiger partial charge in [-0.25, -0.2) is 0 Å². The third-order valence-corrected chi connectivity index (χ3v) is 4.15. The van der Waals surface area contributed by atoms with Crippen molar-refractivity contribution in [1.82, 2.24) is 4.57 Å². The molecule has 2 rings (SSSR count). The van der Waals surface area contributed by atoms with E-state index in [1.165, 1.54) is 0 Å². The van der Waals surface area contributed by atoms with Gasteiger partial charge in [-0.2, -0.15) is 5.26 Å². The first-order chi connectivity index (χ1) is 11.2. The fraction of sp³-hybridized carbons (Fsp3) is 0.263. The number of nitriles is 1. The van der Waals surface area contributed by atoms with Gasteiger partial charge in [0, 0.05) is 33.9 Å². The lowest BCUT2D eigenvalue weighted by atomic mass is 9.86. The van der Waals surface area contributed by atoms with Crippen LogP contribution in [0.2, 0.25) is 10.0 Å². The number of allylic oxidation sites excluding steroid dienone is 1. The van der Waals surface area contributed by atoms with E-state index in [4.69, 9.17) is 23.2 Å². The van der Waals surface area contributed by atoms with Crippen molar-refractivity contribution in [3.63, 3.8) is 0 Å². The maximum absolute atomic E-state index is 12.3. The molecule has 1 aromatic carbocycles. The van der Waals surface area contributed by atoms with E-state index in [9.17, 15) is 10.1 Å². The summed E-state index contributed by atoms with van der Waals surface area (Å²) in [7, 11) is 0. The monoisotopic (exact) mass is 360 g/mol. The van der Waals surface area contributed by atoms with Crippen LogP contribution in [0.4, 0.5) is 0 Å². The van der Waals surface area contributed by atoms with E-state index in [0.717, 1.165) is 11.3 Å². The van der Waals surface area contributed by atoms with Gasteiger partial charge in [0.25, 0.3) is 0 Å². The zero-order chi connectivity index (χ0) is 17.9. The van der Waals surface area contributed by atoms with Crippen molar-refractivity contribution in [3.8, 4) is 6.07 Å². The van der Waals surface area contributed by atoms with Crippen LogP contribution in [0.3, 0.4) is 0 Å². The Kier molecular flexibility index (Phi) is 5.54. The van der Waals surface area contributed by atoms with Crippen LogP contribution in [0.15, 0.2) is 42.1 Å². The molecule has 0 unspecified atom stereocenters. The van der Waals surface area contributed by atoms with Gasteiger partial charge < -0.3 is 4.57 Å². The van der Waals surface area contributed by atoms with E-state index in [1.807, 2.05) is 35.0 Å². The fourth-order valence-electron chi connectivity index (χ4n) is 2.24. The lowest BCUT2D eigenvalue weighted by Gasteiger charge is -2.15. The lowest BCUT2D eigenvalue weighted by Crippen LogP contribution is -2.21. The number of benzene rings is 1. The van der Waals surface area contributed by atoms with Crippen molar-refractivity contribution in [3.05, 3.63) is 63.4 Å². The minimum absolute atomic E-state index is 0.143. The molecule has 0 saturated carbocycles. The smallest absolute Gasteiger partial charge is 0.178 e. The molecule has 0 radical (unpaired) electrons. The highest BCUT2D eigenvalue weighted by molar-refractivity contribution is 6.35. The first-order valence-corrected chi connectivity index (χ1v) is 8.23. The molecule has 1 aromatic heterocycles. The summed E-state index contributed by atoms with van der Waals surface area (Å²) in [6.45, 7) is 5.92. The molecule has 0 spiro atoms. The van der Waals surface area contributed by atoms with Crippen LogP contribution in [0.1, 0.15) is 32.0 Å². The van der Waals surface area contributed by atoms with Gasteiger partial charge in [-0.3, -0.25) is 4.79 Å². The standard InChI is InChI=1S/C19H18Cl2N2O/c1-19(2,3)18(24)14(11-22)9-16-5-4-8-23(16)12-13-6-7-15(20)10-17(13)21/h4-10H,12H2,1-3H3. The second-order valence-electron chi connectivity index (χ2n) is 6.55. The van der Waals surface area contributed by atoms with Crippen LogP contribution in [0.5, 0.6) is 0 Å². The molecular formula is C19H18Cl2N2O. The number of carbonyl (C=O) groups excluding carboxylic acids is 1. The average molecular weight is 361 g/mol. The summed E-state index contributed by atoms with van der Waals surface area (Å²) in [6, 6.07) is 11.1. The van der Waals surface area contributed by atoms with E-state index in [1.54, 1.807) is 39.0 Å². The van der Waals surface area contributed by atoms with E-state index in [0.29, 0.717) is 16.6 Å². The molecule has 0 amide bonds. The molecule has 24 heavy (non-hydrogen) atoms. The van der Waals surface area contributed by atoms with Crippen molar-refractivity contribution >= 4 is 35.1 Å². The SMILES string of the molecule is CC(C)(C)C(=O)C(C#N)=Cc1cccn1Cc1ccc(Cl)cc1Cl. The molecule has 0 fully saturated rings. The summed E-state index contributed by atoms with van der Waals surface area (Å²) in [5, 5.41) is 10.5. The molecule has 124 valence electrons. The van der Waals surface area contributed by atoms with Crippen molar-refractivity contribution in [2.45, 2.75) is 27.3 Å². The van der Waals surface area contributed by atoms with Gasteiger partial charge in [0.2, 0.25) is 0 Å². The third kappa shape index (κ3) is 4.29. The van der Waals surface area contributed by atoms with Crippen molar-refractivity contribution in [1.29, 1.82) is 5.26 Å². The fourth-order valence-corrected chi connectivity index (χ4v) is 2.70. The number of aromatic nitrogens is 1. The minimum atomic E-state index is -0.599. The highest BCUT2D eigenvalue weighted by Crippen LogP contribution is 2.24. The summed E-state index contributed by atoms with van der Waals surface area (Å²) in [5.74, 6) is -0.178. The van der Waals surface area contributed by atoms with Crippen LogP contribution >= 0.6 is 23.2 Å². The number of rotatable bonds is 4. The Morgan fingerprint density at radius 3 is 2.58 bits per heavy atom. The number of carbonyl (C=O) groups is 1. The van der Waals surface area contributed by atoms with Gasteiger partial charge in [-0.15, -0.1) is 0 Å². The summed E-state index contributed by atoms with van der Waals surface area (Å²) in [4.78, 5) is 12.3. The van der Waals surface area contributed by atoms with Gasteiger partial charge in [0.05, 0.1) is 5.57 Å². The number of Topliss-reactive ketones (excluding diaryl/α,β-unsaturated/α-hetero) is 1. The molecule has 0 aliphatic carbocycles. The molecule has 0 aliphatic heterocycles. The first kappa shape index (κ1) is 18.3. The predicted octanol–water partition coefficient (Wildman–Crippen LogP) is 5.37. The highest BCUT2D eigenvalue weighted by Gasteiger charge is 2.25. The van der Waals surface area contributed by atoms with Crippen LogP contribution in [-0.4, -0.2) is 10.4 Å². The molecular weight excluding hydrogens is 343 g/mol. The predicted molar refractivity (Wildman–Crippen MR) is 98.0 cm³/mol. The van der Waals surface area contributed by atoms with Crippen LogP contribution in [-0.2, 0) is 11.3 Å². The summed E-state index contributed by atoms with van der Waals surface area (Å²) >= 11 is 12.1. The first-order valence-electron chi connectivity index (χ1n) is 7.48. The average Bonchev–Trinajstić information content (AvgIpc) is 2.93. The van der Waals surface area contributed by atoms with E-state index in [-0.39, 0.29) is 11.4 Å². The van der Waals surface area contributed by atoms with Gasteiger partial charge in [0.15, 0.2) is 5.78 Å². The van der Waals surface area contributed by atoms with Gasteiger partial charge in [0.1, 0.15) is 6.07 Å². The molecule has 0 N–H and O–H groups in total. The van der Waals surface area contributed by atoms with E-state index in [2.05, 4.69) is 0 Å². The van der Waals surface area contributed by atoms with E-state index < -0.39 is 5.41 Å². The molecule has 2 aromatic rings. The summed E-state index contributed by atoms with van der Waals surface area (Å²) in [5.41, 5.74) is 1.23. The Balaban J connectivity index is 2.35. The summed E-state index contributed by atoms with van der Waals surface area (Å²) < 4.78 is 1.93. The quantitative estimate of drug-likeness (QED) is 0.543. The normalized spacial score (nSPS) is 12.1. The Bertz CT molecular complexity index is 836. The van der Waals surface area contributed by atoms with Crippen LogP contribution < -0.4 is 0 Å². The largest absolute Gasteiger partial charge is 0.343 e. The zero-order valence-electron chi connectivity index (χ0n) is 13.8. The molecule has 3 nitrogen and oxygen atoms in total. The Labute approximate surface area is 152 Å². The summed E-state index contributed by atoms with van der Waals surface area (Å²) in [6.07, 6.45) is 3.50. The molecule has 5 heteroatoms. The molecule has 0 aliphatic rings. The van der Waals surface area contributed by atoms with E-state index >= 15 is 0 Å². The van der Waals surface area contributed by atoms with Gasteiger partial charge in [-0.05, 0) is 35.9 Å². The molecule has 0 atom stereocenters. The zero-order valence-corrected chi connectivity index (χ0v) is 15.3. The molecule has 0 saturated heterocycles. The van der Waals surface area contributed by atoms with Gasteiger partial charge >= 0.3 is 0 Å². The topological polar surface area (TPSA) is 45.8 Å². The second-order valence-corrected chi connectivity index (χ2v) is 7.39. The maximum atomic E-state index is 12.3. The number of nitrogens with zero attached hydrogens (tertiary/aromatic N) is 2. The number of halogens is 2. The minimum Gasteiger partial charge on any atom is -0.343 e. The molecule has 1 heterocycles. The Morgan fingerprint density at radius 2 is 2.00 bits per heavy atom.